The molecule has 100 valence electrons. The van der Waals surface area contributed by atoms with Gasteiger partial charge < -0.3 is 10.2 Å². The maximum Gasteiger partial charge on any atom is 0.300 e. The number of fused-ring (bicyclic) bond motifs is 1. The van der Waals surface area contributed by atoms with Crippen molar-refractivity contribution >= 4 is 5.97 Å². The lowest BCUT2D eigenvalue weighted by Crippen LogP contribution is -2.35. The Bertz CT molecular complexity index is 420. The minimum atomic E-state index is -0.833. The van der Waals surface area contributed by atoms with Crippen molar-refractivity contribution in [3.8, 4) is 0 Å². The Morgan fingerprint density at radius 3 is 2.39 bits per heavy atom. The molecule has 2 rings (SSSR count). The molecule has 3 nitrogen and oxygen atoms in total. The quantitative estimate of drug-likeness (QED) is 0.744. The van der Waals surface area contributed by atoms with E-state index in [-0.39, 0.29) is 11.5 Å². The number of aliphatic hydroxyl groups is 1. The molecule has 1 aromatic carbocycles. The summed E-state index contributed by atoms with van der Waals surface area (Å²) in [5.74, 6) is -0.299. The van der Waals surface area contributed by atoms with Gasteiger partial charge in [-0.3, -0.25) is 4.79 Å². The molecule has 18 heavy (non-hydrogen) atoms. The number of carbonyl (C=O) groups is 1. The minimum absolute atomic E-state index is 0.00560. The van der Waals surface area contributed by atoms with Gasteiger partial charge in [0.25, 0.3) is 5.97 Å². The van der Waals surface area contributed by atoms with Crippen LogP contribution in [0.3, 0.4) is 0 Å². The molecule has 1 aliphatic rings. The third-order valence-corrected chi connectivity index (χ3v) is 3.85. The first-order valence-electron chi connectivity index (χ1n) is 6.22. The van der Waals surface area contributed by atoms with Crippen LogP contribution in [0.25, 0.3) is 0 Å². The van der Waals surface area contributed by atoms with E-state index in [4.69, 9.17) is 9.90 Å². The fourth-order valence-electron chi connectivity index (χ4n) is 2.25. The average molecular weight is 250 g/mol. The number of benzene rings is 1. The average Bonchev–Trinajstić information content (AvgIpc) is 2.26. The number of hydrogen-bond donors (Lipinski definition) is 2. The van der Waals surface area contributed by atoms with Crippen LogP contribution in [0.4, 0.5) is 0 Å². The van der Waals surface area contributed by atoms with Crippen LogP contribution in [-0.2, 0) is 11.2 Å². The van der Waals surface area contributed by atoms with Gasteiger partial charge in [-0.05, 0) is 28.9 Å². The van der Waals surface area contributed by atoms with E-state index in [0.717, 1.165) is 18.9 Å². The minimum Gasteiger partial charge on any atom is -0.481 e. The SMILES string of the molecule is CC(=O)O.C[C@@H]1Cc2ccccc2[C@H](O)C1(C)C. The van der Waals surface area contributed by atoms with Crippen molar-refractivity contribution in [2.75, 3.05) is 0 Å². The Morgan fingerprint density at radius 2 is 1.83 bits per heavy atom. The van der Waals surface area contributed by atoms with Crippen molar-refractivity contribution in [3.05, 3.63) is 35.4 Å². The molecule has 0 saturated heterocycles. The lowest BCUT2D eigenvalue weighted by Gasteiger charge is -2.42. The second kappa shape index (κ2) is 5.53. The topological polar surface area (TPSA) is 57.5 Å². The molecule has 2 atom stereocenters. The normalized spacial score (nSPS) is 24.5. The summed E-state index contributed by atoms with van der Waals surface area (Å²) < 4.78 is 0. The monoisotopic (exact) mass is 250 g/mol. The van der Waals surface area contributed by atoms with E-state index in [2.05, 4.69) is 32.9 Å². The molecule has 0 bridgehead atoms. The van der Waals surface area contributed by atoms with Crippen LogP contribution in [0.15, 0.2) is 24.3 Å². The third kappa shape index (κ3) is 3.10. The summed E-state index contributed by atoms with van der Waals surface area (Å²) in [6, 6.07) is 8.24. The first-order valence-corrected chi connectivity index (χ1v) is 6.22. The molecule has 0 spiro atoms. The molecule has 3 heteroatoms. The Balaban J connectivity index is 0.000000357. The lowest BCUT2D eigenvalue weighted by atomic mass is 9.65. The zero-order valence-corrected chi connectivity index (χ0v) is 11.5. The van der Waals surface area contributed by atoms with E-state index in [9.17, 15) is 5.11 Å². The second-order valence-electron chi connectivity index (χ2n) is 5.55. The van der Waals surface area contributed by atoms with E-state index in [0.29, 0.717) is 5.92 Å². The van der Waals surface area contributed by atoms with E-state index in [1.807, 2.05) is 12.1 Å². The smallest absolute Gasteiger partial charge is 0.300 e. The molecule has 2 N–H and O–H groups in total. The van der Waals surface area contributed by atoms with Gasteiger partial charge in [0.1, 0.15) is 0 Å². The summed E-state index contributed by atoms with van der Waals surface area (Å²) in [5, 5.41) is 17.7. The van der Waals surface area contributed by atoms with Gasteiger partial charge in [0.15, 0.2) is 0 Å². The van der Waals surface area contributed by atoms with Gasteiger partial charge in [-0.1, -0.05) is 45.0 Å². The molecule has 0 saturated carbocycles. The zero-order chi connectivity index (χ0) is 13.9. The van der Waals surface area contributed by atoms with Crippen molar-refractivity contribution in [1.82, 2.24) is 0 Å². The van der Waals surface area contributed by atoms with Gasteiger partial charge in [-0.15, -0.1) is 0 Å². The Kier molecular flexibility index (Phi) is 4.52. The molecule has 0 fully saturated rings. The van der Waals surface area contributed by atoms with Gasteiger partial charge in [-0.2, -0.15) is 0 Å². The van der Waals surface area contributed by atoms with E-state index < -0.39 is 5.97 Å². The molecule has 1 aromatic rings. The van der Waals surface area contributed by atoms with Crippen LogP contribution >= 0.6 is 0 Å². The van der Waals surface area contributed by atoms with Crippen molar-refractivity contribution in [1.29, 1.82) is 0 Å². The van der Waals surface area contributed by atoms with Crippen LogP contribution in [0.2, 0.25) is 0 Å². The largest absolute Gasteiger partial charge is 0.481 e. The second-order valence-corrected chi connectivity index (χ2v) is 5.55. The van der Waals surface area contributed by atoms with Gasteiger partial charge >= 0.3 is 0 Å². The number of rotatable bonds is 0. The van der Waals surface area contributed by atoms with Gasteiger partial charge in [0, 0.05) is 6.92 Å². The first-order chi connectivity index (χ1) is 8.26. The maximum absolute atomic E-state index is 10.3. The standard InChI is InChI=1S/C13H18O.C2H4O2/c1-9-8-10-6-4-5-7-11(10)12(14)13(9,2)3;1-2(3)4/h4-7,9,12,14H,8H2,1-3H3;1H3,(H,3,4)/t9-,12+;/m1./s1. The van der Waals surface area contributed by atoms with Crippen molar-refractivity contribution in [2.24, 2.45) is 11.3 Å². The van der Waals surface area contributed by atoms with Crippen molar-refractivity contribution < 1.29 is 15.0 Å². The zero-order valence-electron chi connectivity index (χ0n) is 11.5. The van der Waals surface area contributed by atoms with Crippen LogP contribution in [-0.4, -0.2) is 16.2 Å². The van der Waals surface area contributed by atoms with Crippen molar-refractivity contribution in [3.63, 3.8) is 0 Å². The summed E-state index contributed by atoms with van der Waals surface area (Å²) >= 11 is 0. The van der Waals surface area contributed by atoms with Gasteiger partial charge in [0.2, 0.25) is 0 Å². The van der Waals surface area contributed by atoms with E-state index in [1.54, 1.807) is 0 Å². The highest BCUT2D eigenvalue weighted by atomic mass is 16.4. The van der Waals surface area contributed by atoms with Crippen LogP contribution < -0.4 is 0 Å². The Morgan fingerprint density at radius 1 is 1.33 bits per heavy atom. The molecule has 0 heterocycles. The highest BCUT2D eigenvalue weighted by molar-refractivity contribution is 5.62. The van der Waals surface area contributed by atoms with Crippen LogP contribution in [0.1, 0.15) is 44.9 Å². The summed E-state index contributed by atoms with van der Waals surface area (Å²) in [7, 11) is 0. The number of carboxylic acids is 1. The molecule has 1 aliphatic carbocycles. The molecular formula is C15H22O3. The highest BCUT2D eigenvalue weighted by Crippen LogP contribution is 2.46. The van der Waals surface area contributed by atoms with E-state index in [1.165, 1.54) is 5.56 Å². The van der Waals surface area contributed by atoms with Crippen LogP contribution in [0.5, 0.6) is 0 Å². The molecule has 0 radical (unpaired) electrons. The number of aliphatic hydroxyl groups excluding tert-OH is 1. The maximum atomic E-state index is 10.3. The molecule has 0 unspecified atom stereocenters. The Labute approximate surface area is 108 Å². The number of aliphatic carboxylic acids is 1. The van der Waals surface area contributed by atoms with Gasteiger partial charge in [-0.25, -0.2) is 0 Å². The predicted molar refractivity (Wildman–Crippen MR) is 71.4 cm³/mol. The van der Waals surface area contributed by atoms with Crippen LogP contribution in [0, 0.1) is 11.3 Å². The fourth-order valence-corrected chi connectivity index (χ4v) is 2.25. The molecule has 0 amide bonds. The first kappa shape index (κ1) is 14.7. The number of carboxylic acid groups (broad SMARTS) is 1. The molecule has 0 aromatic heterocycles. The third-order valence-electron chi connectivity index (χ3n) is 3.85. The predicted octanol–water partition coefficient (Wildman–Crippen LogP) is 3.03. The summed E-state index contributed by atoms with van der Waals surface area (Å²) in [6.07, 6.45) is 0.766. The van der Waals surface area contributed by atoms with Gasteiger partial charge in [0.05, 0.1) is 6.10 Å². The number of hydrogen-bond acceptors (Lipinski definition) is 2. The highest BCUT2D eigenvalue weighted by Gasteiger charge is 2.39. The van der Waals surface area contributed by atoms with E-state index >= 15 is 0 Å². The summed E-state index contributed by atoms with van der Waals surface area (Å²) in [6.45, 7) is 7.61. The lowest BCUT2D eigenvalue weighted by molar-refractivity contribution is -0.134. The molecular weight excluding hydrogens is 228 g/mol. The van der Waals surface area contributed by atoms with Crippen molar-refractivity contribution in [2.45, 2.75) is 40.2 Å². The summed E-state index contributed by atoms with van der Waals surface area (Å²) in [5.41, 5.74) is 2.43. The Hall–Kier alpha value is -1.35. The summed E-state index contributed by atoms with van der Waals surface area (Å²) in [4.78, 5) is 9.00. The fraction of sp³-hybridized carbons (Fsp3) is 0.533. The molecule has 0 aliphatic heterocycles.